The number of nitrogen functional groups attached to an aromatic ring is 1. The lowest BCUT2D eigenvalue weighted by Crippen LogP contribution is -2.18. The van der Waals surface area contributed by atoms with Crippen LogP contribution in [0.4, 0.5) is 0 Å². The Morgan fingerprint density at radius 1 is 1.19 bits per heavy atom. The van der Waals surface area contributed by atoms with Crippen LogP contribution in [0, 0.1) is 5.41 Å². The molecule has 0 spiro atoms. The van der Waals surface area contributed by atoms with Gasteiger partial charge in [-0.1, -0.05) is 41.5 Å². The Bertz CT molecular complexity index is 655. The molecule has 110 valence electrons. The third-order valence-corrected chi connectivity index (χ3v) is 4.63. The fourth-order valence-electron chi connectivity index (χ4n) is 2.12. The quantitative estimate of drug-likeness (QED) is 0.624. The molecule has 3 N–H and O–H groups in total. The summed E-state index contributed by atoms with van der Waals surface area (Å²) in [6.07, 6.45) is 1.58. The second-order valence-corrected chi connectivity index (χ2v) is 6.46. The molecule has 0 saturated carbocycles. The first-order valence-corrected chi connectivity index (χ1v) is 8.34. The molecular weight excluding hydrogens is 348 g/mol. The summed E-state index contributed by atoms with van der Waals surface area (Å²) >= 11 is 4.90. The number of hydrogen-bond acceptors (Lipinski definition) is 4. The van der Waals surface area contributed by atoms with Gasteiger partial charge in [0.2, 0.25) is 0 Å². The highest BCUT2D eigenvalue weighted by Crippen LogP contribution is 2.31. The largest absolute Gasteiger partial charge is 0.384 e. The number of benzene rings is 1. The van der Waals surface area contributed by atoms with Crippen molar-refractivity contribution in [3.63, 3.8) is 0 Å². The Labute approximate surface area is 137 Å². The van der Waals surface area contributed by atoms with E-state index in [2.05, 4.69) is 33.1 Å². The lowest BCUT2D eigenvalue weighted by atomic mass is 10.0. The molecule has 0 unspecified atom stereocenters. The minimum absolute atomic E-state index is 0.0519. The van der Waals surface area contributed by atoms with Gasteiger partial charge in [0, 0.05) is 9.37 Å². The van der Waals surface area contributed by atoms with Crippen molar-refractivity contribution in [1.82, 2.24) is 10.2 Å². The Morgan fingerprint density at radius 2 is 1.86 bits per heavy atom. The Balaban J connectivity index is 2.48. The first-order valence-electron chi connectivity index (χ1n) is 6.73. The van der Waals surface area contributed by atoms with Gasteiger partial charge in [0.1, 0.15) is 10.9 Å². The first kappa shape index (κ1) is 16.0. The number of nitrogens with two attached hydrogens (primary N) is 1. The van der Waals surface area contributed by atoms with Gasteiger partial charge in [0.05, 0.1) is 11.3 Å². The summed E-state index contributed by atoms with van der Waals surface area (Å²) in [7, 11) is 0. The molecule has 0 bridgehead atoms. The van der Waals surface area contributed by atoms with Crippen molar-refractivity contribution in [3.8, 4) is 0 Å². The van der Waals surface area contributed by atoms with Crippen LogP contribution in [0.5, 0.6) is 0 Å². The molecule has 0 aliphatic carbocycles. The zero-order valence-electron chi connectivity index (χ0n) is 12.0. The number of aromatic nitrogens is 2. The van der Waals surface area contributed by atoms with Crippen molar-refractivity contribution in [2.45, 2.75) is 36.6 Å². The van der Waals surface area contributed by atoms with Gasteiger partial charge >= 0.3 is 0 Å². The molecule has 0 aliphatic rings. The highest BCUT2D eigenvalue weighted by Gasteiger charge is 2.17. The van der Waals surface area contributed by atoms with Crippen molar-refractivity contribution in [2.75, 3.05) is 0 Å². The molecule has 4 nitrogen and oxygen atoms in total. The van der Waals surface area contributed by atoms with E-state index in [-0.39, 0.29) is 5.84 Å². The summed E-state index contributed by atoms with van der Waals surface area (Å²) in [6, 6.07) is 7.95. The molecule has 0 fully saturated rings. The van der Waals surface area contributed by atoms with Crippen LogP contribution in [-0.2, 0) is 12.8 Å². The molecule has 0 aliphatic heterocycles. The second kappa shape index (κ2) is 7.04. The average Bonchev–Trinajstić information content (AvgIpc) is 2.48. The zero-order chi connectivity index (χ0) is 15.4. The van der Waals surface area contributed by atoms with E-state index in [1.54, 1.807) is 0 Å². The zero-order valence-corrected chi connectivity index (χ0v) is 14.4. The van der Waals surface area contributed by atoms with Gasteiger partial charge in [-0.05, 0) is 42.7 Å². The molecule has 0 atom stereocenters. The normalized spacial score (nSPS) is 10.6. The lowest BCUT2D eigenvalue weighted by molar-refractivity contribution is 0.819. The minimum Gasteiger partial charge on any atom is -0.384 e. The van der Waals surface area contributed by atoms with E-state index in [1.807, 2.05) is 31.2 Å². The Kier molecular flexibility index (Phi) is 5.36. The van der Waals surface area contributed by atoms with Gasteiger partial charge in [0.25, 0.3) is 0 Å². The fourth-order valence-corrected chi connectivity index (χ4v) is 3.29. The summed E-state index contributed by atoms with van der Waals surface area (Å²) < 4.78 is 1.03. The topological polar surface area (TPSA) is 75.7 Å². The van der Waals surface area contributed by atoms with Crippen molar-refractivity contribution < 1.29 is 0 Å². The van der Waals surface area contributed by atoms with E-state index >= 15 is 0 Å². The third-order valence-electron chi connectivity index (χ3n) is 3.11. The number of rotatable bonds is 5. The van der Waals surface area contributed by atoms with Gasteiger partial charge in [-0.15, -0.1) is 5.10 Å². The van der Waals surface area contributed by atoms with Crippen molar-refractivity contribution in [1.29, 1.82) is 5.41 Å². The maximum absolute atomic E-state index is 7.88. The summed E-state index contributed by atoms with van der Waals surface area (Å²) in [5.74, 6) is 0.0519. The third kappa shape index (κ3) is 3.63. The highest BCUT2D eigenvalue weighted by molar-refractivity contribution is 9.10. The predicted octanol–water partition coefficient (Wildman–Crippen LogP) is 3.80. The minimum atomic E-state index is 0.0519. The number of nitrogens with one attached hydrogen (secondary N) is 1. The summed E-state index contributed by atoms with van der Waals surface area (Å²) in [5.41, 5.74) is 8.45. The van der Waals surface area contributed by atoms with E-state index in [0.29, 0.717) is 5.03 Å². The van der Waals surface area contributed by atoms with E-state index in [0.717, 1.165) is 39.0 Å². The van der Waals surface area contributed by atoms with Crippen LogP contribution >= 0.6 is 27.7 Å². The maximum atomic E-state index is 7.88. The monoisotopic (exact) mass is 364 g/mol. The molecule has 1 heterocycles. The Morgan fingerprint density at radius 3 is 2.38 bits per heavy atom. The van der Waals surface area contributed by atoms with E-state index in [1.165, 1.54) is 11.8 Å². The standard InChI is InChI=1S/C15H17BrN4S/c1-3-11-12(4-2)19-20-15(13(11)14(17)18)21-10-7-5-9(16)6-8-10/h5-8H,3-4H2,1-2H3,(H3,17,18). The van der Waals surface area contributed by atoms with Crippen LogP contribution in [0.2, 0.25) is 0 Å². The van der Waals surface area contributed by atoms with Gasteiger partial charge < -0.3 is 5.73 Å². The number of nitrogens with zero attached hydrogens (tertiary/aromatic N) is 2. The Hall–Kier alpha value is -1.40. The second-order valence-electron chi connectivity index (χ2n) is 4.48. The van der Waals surface area contributed by atoms with Crippen molar-refractivity contribution in [2.24, 2.45) is 5.73 Å². The average molecular weight is 365 g/mol. The molecule has 2 rings (SSSR count). The van der Waals surface area contributed by atoms with E-state index in [9.17, 15) is 0 Å². The molecule has 2 aromatic rings. The number of hydrogen-bond donors (Lipinski definition) is 2. The maximum Gasteiger partial charge on any atom is 0.135 e. The molecule has 0 radical (unpaired) electrons. The number of amidine groups is 1. The van der Waals surface area contributed by atoms with Gasteiger partial charge in [-0.2, -0.15) is 5.10 Å². The van der Waals surface area contributed by atoms with Gasteiger partial charge in [-0.3, -0.25) is 5.41 Å². The summed E-state index contributed by atoms with van der Waals surface area (Å²) in [5, 5.41) is 17.1. The van der Waals surface area contributed by atoms with Crippen LogP contribution in [0.25, 0.3) is 0 Å². The van der Waals surface area contributed by atoms with Crippen molar-refractivity contribution >= 4 is 33.5 Å². The molecule has 1 aromatic heterocycles. The summed E-state index contributed by atoms with van der Waals surface area (Å²) in [4.78, 5) is 1.04. The number of halogens is 1. The first-order chi connectivity index (χ1) is 10.1. The van der Waals surface area contributed by atoms with Crippen LogP contribution in [0.3, 0.4) is 0 Å². The summed E-state index contributed by atoms with van der Waals surface area (Å²) in [6.45, 7) is 4.09. The van der Waals surface area contributed by atoms with E-state index in [4.69, 9.17) is 11.1 Å². The van der Waals surface area contributed by atoms with Crippen LogP contribution < -0.4 is 5.73 Å². The SMILES string of the molecule is CCc1nnc(Sc2ccc(Br)cc2)c(C(=N)N)c1CC. The lowest BCUT2D eigenvalue weighted by Gasteiger charge is -2.13. The number of aryl methyl sites for hydroxylation is 1. The molecule has 0 saturated heterocycles. The molecule has 21 heavy (non-hydrogen) atoms. The molecular formula is C15H17BrN4S. The van der Waals surface area contributed by atoms with Gasteiger partial charge in [0.15, 0.2) is 0 Å². The van der Waals surface area contributed by atoms with Crippen LogP contribution in [0.1, 0.15) is 30.7 Å². The van der Waals surface area contributed by atoms with E-state index < -0.39 is 0 Å². The van der Waals surface area contributed by atoms with Crippen LogP contribution in [0.15, 0.2) is 38.7 Å². The van der Waals surface area contributed by atoms with Gasteiger partial charge in [-0.25, -0.2) is 0 Å². The smallest absolute Gasteiger partial charge is 0.135 e. The molecule has 6 heteroatoms. The fraction of sp³-hybridized carbons (Fsp3) is 0.267. The van der Waals surface area contributed by atoms with Crippen molar-refractivity contribution in [3.05, 3.63) is 45.6 Å². The van der Waals surface area contributed by atoms with Crippen LogP contribution in [-0.4, -0.2) is 16.0 Å². The predicted molar refractivity (Wildman–Crippen MR) is 90.1 cm³/mol. The molecule has 0 amide bonds. The highest BCUT2D eigenvalue weighted by atomic mass is 79.9. The molecule has 1 aromatic carbocycles.